The Kier molecular flexibility index (Phi) is 3.89. The van der Waals surface area contributed by atoms with Gasteiger partial charge in [0, 0.05) is 5.56 Å². The van der Waals surface area contributed by atoms with Crippen LogP contribution in [0.2, 0.25) is 0 Å². The Morgan fingerprint density at radius 1 is 1.29 bits per heavy atom. The van der Waals surface area contributed by atoms with Gasteiger partial charge in [-0.15, -0.1) is 0 Å². The molecule has 1 aromatic carbocycles. The number of para-hydroxylation sites is 1. The lowest BCUT2D eigenvalue weighted by atomic mass is 9.74. The van der Waals surface area contributed by atoms with E-state index in [4.69, 9.17) is 0 Å². The highest BCUT2D eigenvalue weighted by molar-refractivity contribution is 5.94. The molecular weight excluding hydrogens is 296 g/mol. The maximum atomic E-state index is 13.6. The second-order valence-corrected chi connectivity index (χ2v) is 8.25. The van der Waals surface area contributed by atoms with E-state index in [1.54, 1.807) is 0 Å². The summed E-state index contributed by atoms with van der Waals surface area (Å²) in [4.78, 5) is 13.6. The number of hydrogen-bond acceptors (Lipinski definition) is 2. The van der Waals surface area contributed by atoms with Crippen LogP contribution in [0.3, 0.4) is 0 Å². The molecule has 1 saturated carbocycles. The van der Waals surface area contributed by atoms with Gasteiger partial charge in [0.2, 0.25) is 0 Å². The summed E-state index contributed by atoms with van der Waals surface area (Å²) in [6.07, 6.45) is 5.63. The van der Waals surface area contributed by atoms with Gasteiger partial charge in [-0.05, 0) is 57.3 Å². The summed E-state index contributed by atoms with van der Waals surface area (Å²) in [5.41, 5.74) is 3.97. The molecule has 1 atom stereocenters. The minimum atomic E-state index is 0.163. The van der Waals surface area contributed by atoms with Crippen molar-refractivity contribution in [3.05, 3.63) is 42.0 Å². The first-order chi connectivity index (χ1) is 11.6. The van der Waals surface area contributed by atoms with Crippen LogP contribution in [0.15, 0.2) is 36.4 Å². The Morgan fingerprint density at radius 2 is 2.00 bits per heavy atom. The molecule has 3 nitrogen and oxygen atoms in total. The second-order valence-electron chi connectivity index (χ2n) is 8.25. The topological polar surface area (TPSA) is 29.1 Å². The fourth-order valence-corrected chi connectivity index (χ4v) is 5.20. The number of nitrogens with one attached hydrogen (secondary N) is 1. The SMILES string of the molecule is C=C(C)C[N+]1(C(=O)C2CCC2)CC2(CCNCC2)c2ccccc21. The van der Waals surface area contributed by atoms with Crippen molar-refractivity contribution in [3.63, 3.8) is 0 Å². The van der Waals surface area contributed by atoms with Crippen molar-refractivity contribution in [3.8, 4) is 0 Å². The van der Waals surface area contributed by atoms with Crippen LogP contribution in [0.5, 0.6) is 0 Å². The summed E-state index contributed by atoms with van der Waals surface area (Å²) in [6, 6.07) is 8.76. The zero-order valence-electron chi connectivity index (χ0n) is 14.8. The largest absolute Gasteiger partial charge is 0.322 e. The molecule has 1 spiro atoms. The van der Waals surface area contributed by atoms with E-state index in [9.17, 15) is 4.79 Å². The predicted octanol–water partition coefficient (Wildman–Crippen LogP) is 3.53. The van der Waals surface area contributed by atoms with Crippen LogP contribution in [0, 0.1) is 5.92 Å². The van der Waals surface area contributed by atoms with E-state index < -0.39 is 0 Å². The van der Waals surface area contributed by atoms with Gasteiger partial charge in [0.25, 0.3) is 0 Å². The quantitative estimate of drug-likeness (QED) is 0.680. The van der Waals surface area contributed by atoms with Gasteiger partial charge in [-0.25, -0.2) is 9.28 Å². The number of benzene rings is 1. The van der Waals surface area contributed by atoms with E-state index >= 15 is 0 Å². The van der Waals surface area contributed by atoms with Crippen molar-refractivity contribution >= 4 is 11.6 Å². The number of amides is 1. The highest BCUT2D eigenvalue weighted by Gasteiger charge is 2.58. The minimum Gasteiger partial charge on any atom is -0.317 e. The summed E-state index contributed by atoms with van der Waals surface area (Å²) in [5, 5.41) is 3.50. The Bertz CT molecular complexity index is 670. The molecule has 4 rings (SSSR count). The third-order valence-electron chi connectivity index (χ3n) is 6.49. The number of carbonyl (C=O) groups is 1. The number of piperidine rings is 1. The van der Waals surface area contributed by atoms with Gasteiger partial charge in [-0.2, -0.15) is 0 Å². The molecule has 1 aromatic rings. The van der Waals surface area contributed by atoms with Crippen LogP contribution >= 0.6 is 0 Å². The first-order valence-corrected chi connectivity index (χ1v) is 9.44. The number of quaternary nitrogens is 1. The Labute approximate surface area is 145 Å². The summed E-state index contributed by atoms with van der Waals surface area (Å²) < 4.78 is 0.524. The molecule has 2 aliphatic heterocycles. The molecule has 1 N–H and O–H groups in total. The number of nitrogens with zero attached hydrogens (tertiary/aromatic N) is 1. The van der Waals surface area contributed by atoms with E-state index in [2.05, 4.69) is 43.1 Å². The van der Waals surface area contributed by atoms with Crippen molar-refractivity contribution < 1.29 is 4.79 Å². The lowest BCUT2D eigenvalue weighted by molar-refractivity contribution is -0.137. The van der Waals surface area contributed by atoms with Crippen molar-refractivity contribution in [2.24, 2.45) is 5.92 Å². The number of rotatable bonds is 3. The number of hydrogen-bond donors (Lipinski definition) is 1. The van der Waals surface area contributed by atoms with Gasteiger partial charge in [0.1, 0.15) is 18.8 Å². The third kappa shape index (κ3) is 2.29. The van der Waals surface area contributed by atoms with E-state index in [0.29, 0.717) is 10.4 Å². The highest BCUT2D eigenvalue weighted by atomic mass is 16.2. The molecule has 1 aliphatic carbocycles. The minimum absolute atomic E-state index is 0.163. The molecule has 128 valence electrons. The van der Waals surface area contributed by atoms with Gasteiger partial charge >= 0.3 is 5.91 Å². The molecule has 0 radical (unpaired) electrons. The standard InChI is InChI=1S/C21H29N2O/c1-16(2)14-23(20(24)17-6-5-7-17)15-21(10-12-22-13-11-21)18-8-3-4-9-19(18)23/h3-4,8-9,17,22H,1,5-7,10-15H2,2H3/q+1. The molecule has 24 heavy (non-hydrogen) atoms. The molecular formula is C21H29N2O+. The van der Waals surface area contributed by atoms with E-state index in [1.807, 2.05) is 0 Å². The van der Waals surface area contributed by atoms with E-state index in [0.717, 1.165) is 57.4 Å². The van der Waals surface area contributed by atoms with Crippen LogP contribution in [-0.2, 0) is 10.2 Å². The Hall–Kier alpha value is -1.45. The molecule has 2 fully saturated rings. The fraction of sp³-hybridized carbons (Fsp3) is 0.571. The van der Waals surface area contributed by atoms with Gasteiger partial charge in [-0.1, -0.05) is 31.2 Å². The lowest BCUT2D eigenvalue weighted by Gasteiger charge is -2.40. The zero-order chi connectivity index (χ0) is 16.8. The van der Waals surface area contributed by atoms with Crippen LogP contribution in [0.25, 0.3) is 0 Å². The van der Waals surface area contributed by atoms with Gasteiger partial charge in [-0.3, -0.25) is 0 Å². The van der Waals surface area contributed by atoms with Gasteiger partial charge < -0.3 is 5.32 Å². The van der Waals surface area contributed by atoms with Crippen molar-refractivity contribution in [2.45, 2.75) is 44.4 Å². The number of fused-ring (bicyclic) bond motifs is 2. The average Bonchev–Trinajstić information content (AvgIpc) is 2.77. The second kappa shape index (κ2) is 5.82. The van der Waals surface area contributed by atoms with Gasteiger partial charge in [0.05, 0.1) is 11.3 Å². The van der Waals surface area contributed by atoms with Crippen LogP contribution in [-0.4, -0.2) is 32.1 Å². The maximum absolute atomic E-state index is 13.6. The average molecular weight is 325 g/mol. The van der Waals surface area contributed by atoms with Gasteiger partial charge in [0.15, 0.2) is 0 Å². The van der Waals surface area contributed by atoms with Crippen LogP contribution < -0.4 is 9.80 Å². The highest BCUT2D eigenvalue weighted by Crippen LogP contribution is 2.51. The molecule has 3 heteroatoms. The van der Waals surface area contributed by atoms with Crippen LogP contribution in [0.4, 0.5) is 5.69 Å². The summed E-state index contributed by atoms with van der Waals surface area (Å²) in [7, 11) is 0. The van der Waals surface area contributed by atoms with E-state index in [1.165, 1.54) is 17.7 Å². The van der Waals surface area contributed by atoms with Crippen LogP contribution in [0.1, 0.15) is 44.6 Å². The summed E-state index contributed by atoms with van der Waals surface area (Å²) >= 11 is 0. The molecule has 1 unspecified atom stereocenters. The van der Waals surface area contributed by atoms with Crippen molar-refractivity contribution in [2.75, 3.05) is 26.2 Å². The summed E-state index contributed by atoms with van der Waals surface area (Å²) in [6.45, 7) is 10.1. The lowest BCUT2D eigenvalue weighted by Crippen LogP contribution is -2.60. The molecule has 0 bridgehead atoms. The van der Waals surface area contributed by atoms with E-state index in [-0.39, 0.29) is 11.3 Å². The smallest absolute Gasteiger partial charge is 0.317 e. The fourth-order valence-electron chi connectivity index (χ4n) is 5.20. The third-order valence-corrected chi connectivity index (χ3v) is 6.49. The first-order valence-electron chi connectivity index (χ1n) is 9.44. The Morgan fingerprint density at radius 3 is 2.62 bits per heavy atom. The molecule has 1 amide bonds. The van der Waals surface area contributed by atoms with Crippen molar-refractivity contribution in [1.82, 2.24) is 9.80 Å². The molecule has 3 aliphatic rings. The first kappa shape index (κ1) is 16.0. The normalized spacial score (nSPS) is 28.4. The number of carbonyl (C=O) groups excluding carboxylic acids is 1. The summed E-state index contributed by atoms with van der Waals surface area (Å²) in [5.74, 6) is 0.710. The maximum Gasteiger partial charge on any atom is 0.322 e. The zero-order valence-corrected chi connectivity index (χ0v) is 14.8. The molecule has 1 saturated heterocycles. The monoisotopic (exact) mass is 325 g/mol. The Balaban J connectivity index is 1.84. The predicted molar refractivity (Wildman–Crippen MR) is 98.9 cm³/mol. The van der Waals surface area contributed by atoms with Crippen molar-refractivity contribution in [1.29, 1.82) is 0 Å². The molecule has 0 aromatic heterocycles. The molecule has 2 heterocycles.